The van der Waals surface area contributed by atoms with Crippen LogP contribution in [0.2, 0.25) is 0 Å². The van der Waals surface area contributed by atoms with E-state index < -0.39 is 11.7 Å². The summed E-state index contributed by atoms with van der Waals surface area (Å²) in [7, 11) is 0. The molecule has 1 N–H and O–H groups in total. The number of rotatable bonds is 4. The Kier molecular flexibility index (Phi) is 4.96. The minimum absolute atomic E-state index is 0.0612. The van der Waals surface area contributed by atoms with Gasteiger partial charge in [0.15, 0.2) is 0 Å². The van der Waals surface area contributed by atoms with E-state index in [0.717, 1.165) is 22.3 Å². The minimum Gasteiger partial charge on any atom is -0.445 e. The van der Waals surface area contributed by atoms with Gasteiger partial charge in [0.2, 0.25) is 5.89 Å². The van der Waals surface area contributed by atoms with Gasteiger partial charge in [-0.15, -0.1) is 0 Å². The van der Waals surface area contributed by atoms with Crippen LogP contribution in [-0.2, 0) is 0 Å². The minimum atomic E-state index is -0.530. The number of oxazole rings is 1. The predicted molar refractivity (Wildman–Crippen MR) is 111 cm³/mol. The Bertz CT molecular complexity index is 1150. The van der Waals surface area contributed by atoms with Crippen molar-refractivity contribution in [2.24, 2.45) is 0 Å². The number of carbonyl (C=O) groups is 1. The summed E-state index contributed by atoms with van der Waals surface area (Å²) in [5.74, 6) is -0.427. The van der Waals surface area contributed by atoms with Gasteiger partial charge < -0.3 is 9.73 Å². The fourth-order valence-corrected chi connectivity index (χ4v) is 3.28. The van der Waals surface area contributed by atoms with Crippen molar-refractivity contribution < 1.29 is 13.6 Å². The maximum Gasteiger partial charge on any atom is 0.258 e. The number of hydrogen-bond donors (Lipinski definition) is 1. The van der Waals surface area contributed by atoms with Crippen LogP contribution in [0.3, 0.4) is 0 Å². The number of carbonyl (C=O) groups excluding carboxylic acids is 1. The Morgan fingerprint density at radius 2 is 1.72 bits per heavy atom. The summed E-state index contributed by atoms with van der Waals surface area (Å²) >= 11 is 0. The van der Waals surface area contributed by atoms with Gasteiger partial charge in [-0.3, -0.25) is 4.79 Å². The van der Waals surface area contributed by atoms with Crippen molar-refractivity contribution >= 4 is 11.6 Å². The Balaban J connectivity index is 1.59. The first kappa shape index (κ1) is 18.6. The van der Waals surface area contributed by atoms with E-state index in [-0.39, 0.29) is 5.56 Å². The van der Waals surface area contributed by atoms with Crippen molar-refractivity contribution in [3.05, 3.63) is 95.6 Å². The van der Waals surface area contributed by atoms with E-state index in [2.05, 4.69) is 10.3 Å². The largest absolute Gasteiger partial charge is 0.445 e. The zero-order valence-electron chi connectivity index (χ0n) is 16.1. The van der Waals surface area contributed by atoms with Gasteiger partial charge in [-0.25, -0.2) is 9.37 Å². The molecular formula is C24H19FN2O2. The number of nitrogens with zero attached hydrogens (tertiary/aromatic N) is 1. The highest BCUT2D eigenvalue weighted by Crippen LogP contribution is 2.29. The van der Waals surface area contributed by atoms with Crippen LogP contribution in [0.5, 0.6) is 0 Å². The Morgan fingerprint density at radius 1 is 0.966 bits per heavy atom. The number of aryl methyl sites for hydroxylation is 2. The van der Waals surface area contributed by atoms with E-state index in [1.165, 1.54) is 6.07 Å². The monoisotopic (exact) mass is 386 g/mol. The molecule has 1 amide bonds. The Hall–Kier alpha value is -3.73. The molecule has 0 aliphatic rings. The first-order chi connectivity index (χ1) is 14.0. The smallest absolute Gasteiger partial charge is 0.258 e. The van der Waals surface area contributed by atoms with Crippen LogP contribution in [-0.4, -0.2) is 10.9 Å². The van der Waals surface area contributed by atoms with Crippen molar-refractivity contribution in [3.8, 4) is 22.6 Å². The van der Waals surface area contributed by atoms with Gasteiger partial charge in [0.25, 0.3) is 5.91 Å². The second-order valence-electron chi connectivity index (χ2n) is 6.83. The summed E-state index contributed by atoms with van der Waals surface area (Å²) in [5, 5.41) is 2.76. The summed E-state index contributed by atoms with van der Waals surface area (Å²) < 4.78 is 19.4. The molecule has 0 radical (unpaired) electrons. The second-order valence-corrected chi connectivity index (χ2v) is 6.83. The molecule has 0 unspecified atom stereocenters. The molecule has 0 aliphatic carbocycles. The fourth-order valence-electron chi connectivity index (χ4n) is 3.28. The zero-order valence-corrected chi connectivity index (χ0v) is 16.1. The average molecular weight is 386 g/mol. The predicted octanol–water partition coefficient (Wildman–Crippen LogP) is 6.02. The zero-order chi connectivity index (χ0) is 20.4. The van der Waals surface area contributed by atoms with Crippen LogP contribution in [0.25, 0.3) is 22.6 Å². The molecule has 29 heavy (non-hydrogen) atoms. The normalized spacial score (nSPS) is 10.7. The van der Waals surface area contributed by atoms with Gasteiger partial charge in [0.05, 0.1) is 11.8 Å². The number of halogens is 1. The Morgan fingerprint density at radius 3 is 2.41 bits per heavy atom. The van der Waals surface area contributed by atoms with Gasteiger partial charge in [-0.2, -0.15) is 0 Å². The summed E-state index contributed by atoms with van der Waals surface area (Å²) in [5.41, 5.74) is 5.30. The molecular weight excluding hydrogens is 367 g/mol. The molecule has 0 saturated heterocycles. The molecule has 0 atom stereocenters. The Labute approximate surface area is 168 Å². The van der Waals surface area contributed by atoms with Crippen molar-refractivity contribution in [3.63, 3.8) is 0 Å². The number of amides is 1. The first-order valence-electron chi connectivity index (χ1n) is 9.20. The van der Waals surface area contributed by atoms with Gasteiger partial charge in [-0.1, -0.05) is 30.3 Å². The third-order valence-electron chi connectivity index (χ3n) is 4.82. The lowest BCUT2D eigenvalue weighted by molar-refractivity contribution is 0.102. The summed E-state index contributed by atoms with van der Waals surface area (Å²) in [6, 6.07) is 18.1. The van der Waals surface area contributed by atoms with Crippen molar-refractivity contribution in [2.75, 3.05) is 5.32 Å². The van der Waals surface area contributed by atoms with Gasteiger partial charge >= 0.3 is 0 Å². The van der Waals surface area contributed by atoms with E-state index in [1.807, 2.05) is 37.3 Å². The molecule has 0 bridgehead atoms. The van der Waals surface area contributed by atoms with E-state index in [1.54, 1.807) is 43.6 Å². The van der Waals surface area contributed by atoms with Crippen LogP contribution in [0, 0.1) is 19.7 Å². The summed E-state index contributed by atoms with van der Waals surface area (Å²) in [6.07, 6.45) is 3.16. The number of nitrogens with one attached hydrogen (secondary N) is 1. The van der Waals surface area contributed by atoms with Crippen molar-refractivity contribution in [1.29, 1.82) is 0 Å². The van der Waals surface area contributed by atoms with E-state index >= 15 is 0 Å². The van der Waals surface area contributed by atoms with Gasteiger partial charge in [-0.05, 0) is 66.4 Å². The average Bonchev–Trinajstić information content (AvgIpc) is 3.24. The van der Waals surface area contributed by atoms with Crippen LogP contribution < -0.4 is 5.32 Å². The van der Waals surface area contributed by atoms with Crippen molar-refractivity contribution in [2.45, 2.75) is 13.8 Å². The van der Waals surface area contributed by atoms with E-state index in [4.69, 9.17) is 4.42 Å². The topological polar surface area (TPSA) is 55.1 Å². The first-order valence-corrected chi connectivity index (χ1v) is 9.20. The molecule has 144 valence electrons. The molecule has 4 nitrogen and oxygen atoms in total. The number of anilines is 1. The highest BCUT2D eigenvalue weighted by molar-refractivity contribution is 6.05. The second kappa shape index (κ2) is 7.72. The third-order valence-corrected chi connectivity index (χ3v) is 4.82. The fraction of sp³-hybridized carbons (Fsp3) is 0.0833. The molecule has 5 heteroatoms. The summed E-state index contributed by atoms with van der Waals surface area (Å²) in [4.78, 5) is 16.7. The van der Waals surface area contributed by atoms with Crippen LogP contribution in [0.4, 0.5) is 10.1 Å². The lowest BCUT2D eigenvalue weighted by atomic mass is 9.98. The van der Waals surface area contributed by atoms with Crippen LogP contribution >= 0.6 is 0 Å². The van der Waals surface area contributed by atoms with Gasteiger partial charge in [0.1, 0.15) is 12.1 Å². The number of benzene rings is 3. The standard InChI is InChI=1S/C24H19FN2O2/c1-15-6-7-18(24-26-12-13-29-24)14-20(15)17-8-10-19(11-9-17)27-23(28)22-16(2)4-3-5-21(22)25/h3-14H,1-2H3,(H,27,28). The van der Waals surface area contributed by atoms with Crippen LogP contribution in [0.15, 0.2) is 77.5 Å². The highest BCUT2D eigenvalue weighted by Gasteiger charge is 2.15. The van der Waals surface area contributed by atoms with Crippen molar-refractivity contribution in [1.82, 2.24) is 4.98 Å². The highest BCUT2D eigenvalue weighted by atomic mass is 19.1. The maximum absolute atomic E-state index is 14.0. The molecule has 0 spiro atoms. The molecule has 4 aromatic rings. The molecule has 0 saturated carbocycles. The SMILES string of the molecule is Cc1ccc(-c2ncco2)cc1-c1ccc(NC(=O)c2c(C)cccc2F)cc1. The lowest BCUT2D eigenvalue weighted by Gasteiger charge is -2.11. The molecule has 3 aromatic carbocycles. The van der Waals surface area contributed by atoms with E-state index in [0.29, 0.717) is 17.1 Å². The third kappa shape index (κ3) is 3.80. The molecule has 4 rings (SSSR count). The quantitative estimate of drug-likeness (QED) is 0.467. The lowest BCUT2D eigenvalue weighted by Crippen LogP contribution is -2.15. The van der Waals surface area contributed by atoms with Crippen LogP contribution in [0.1, 0.15) is 21.5 Å². The number of hydrogen-bond acceptors (Lipinski definition) is 3. The van der Waals surface area contributed by atoms with E-state index in [9.17, 15) is 9.18 Å². The molecule has 0 aliphatic heterocycles. The molecule has 1 heterocycles. The molecule has 1 aromatic heterocycles. The number of aromatic nitrogens is 1. The molecule has 0 fully saturated rings. The van der Waals surface area contributed by atoms with Gasteiger partial charge in [0, 0.05) is 11.3 Å². The maximum atomic E-state index is 14.0. The summed E-state index contributed by atoms with van der Waals surface area (Å²) in [6.45, 7) is 3.75.